The number of fused-ring (bicyclic) bond motifs is 3. The van der Waals surface area contributed by atoms with Gasteiger partial charge in [0.1, 0.15) is 11.2 Å². The third-order valence-corrected chi connectivity index (χ3v) is 5.46. The van der Waals surface area contributed by atoms with Crippen LogP contribution < -0.4 is 10.6 Å². The first-order valence-corrected chi connectivity index (χ1v) is 8.17. The zero-order valence-corrected chi connectivity index (χ0v) is 12.7. The minimum Gasteiger partial charge on any atom is -0.351 e. The summed E-state index contributed by atoms with van der Waals surface area (Å²) in [5.41, 5.74) is 2.97. The van der Waals surface area contributed by atoms with Gasteiger partial charge in [0.25, 0.3) is 5.91 Å². The molecule has 2 aliphatic rings. The van der Waals surface area contributed by atoms with Crippen molar-refractivity contribution in [1.82, 2.24) is 10.3 Å². The van der Waals surface area contributed by atoms with Gasteiger partial charge in [-0.1, -0.05) is 13.0 Å². The fraction of sp³-hybridized carbons (Fsp3) is 0.375. The van der Waals surface area contributed by atoms with Gasteiger partial charge in [-0.2, -0.15) is 0 Å². The van der Waals surface area contributed by atoms with E-state index in [-0.39, 0.29) is 12.1 Å². The molecule has 2 aromatic heterocycles. The van der Waals surface area contributed by atoms with Crippen LogP contribution in [-0.2, 0) is 12.8 Å². The quantitative estimate of drug-likeness (QED) is 0.850. The van der Waals surface area contributed by atoms with E-state index in [4.69, 9.17) is 0 Å². The largest absolute Gasteiger partial charge is 0.351 e. The van der Waals surface area contributed by atoms with Crippen molar-refractivity contribution in [2.24, 2.45) is 5.92 Å². The average Bonchev–Trinajstić information content (AvgIpc) is 2.85. The second kappa shape index (κ2) is 4.84. The number of carbonyl (C=O) groups excluding carboxylic acids is 1. The zero-order valence-electron chi connectivity index (χ0n) is 11.8. The van der Waals surface area contributed by atoms with Crippen molar-refractivity contribution in [3.63, 3.8) is 0 Å². The molecular weight excluding hydrogens is 282 g/mol. The van der Waals surface area contributed by atoms with Crippen LogP contribution in [0.25, 0.3) is 0 Å². The molecule has 1 aliphatic carbocycles. The zero-order chi connectivity index (χ0) is 14.4. The van der Waals surface area contributed by atoms with E-state index < -0.39 is 0 Å². The van der Waals surface area contributed by atoms with Crippen LogP contribution in [0, 0.1) is 5.92 Å². The van der Waals surface area contributed by atoms with Gasteiger partial charge in [0, 0.05) is 11.1 Å². The molecule has 0 saturated heterocycles. The van der Waals surface area contributed by atoms with E-state index >= 15 is 0 Å². The van der Waals surface area contributed by atoms with Gasteiger partial charge in [-0.15, -0.1) is 11.3 Å². The Kier molecular flexibility index (Phi) is 2.96. The van der Waals surface area contributed by atoms with Crippen molar-refractivity contribution < 1.29 is 4.79 Å². The topological polar surface area (TPSA) is 54.0 Å². The van der Waals surface area contributed by atoms with E-state index in [2.05, 4.69) is 22.5 Å². The summed E-state index contributed by atoms with van der Waals surface area (Å²) < 4.78 is 0. The lowest BCUT2D eigenvalue weighted by Gasteiger charge is -2.26. The highest BCUT2D eigenvalue weighted by molar-refractivity contribution is 7.16. The predicted molar refractivity (Wildman–Crippen MR) is 83.6 cm³/mol. The number of amides is 1. The fourth-order valence-corrected chi connectivity index (χ4v) is 4.59. The van der Waals surface area contributed by atoms with Crippen molar-refractivity contribution in [2.45, 2.75) is 32.4 Å². The van der Waals surface area contributed by atoms with Crippen molar-refractivity contribution >= 4 is 22.2 Å². The molecule has 1 aliphatic heterocycles. The Morgan fingerprint density at radius 1 is 1.33 bits per heavy atom. The van der Waals surface area contributed by atoms with Gasteiger partial charge in [-0.05, 0) is 42.9 Å². The van der Waals surface area contributed by atoms with Gasteiger partial charge in [-0.3, -0.25) is 9.78 Å². The molecule has 0 saturated carbocycles. The molecular formula is C16H17N3OS. The lowest BCUT2D eigenvalue weighted by atomic mass is 9.88. The Labute approximate surface area is 127 Å². The number of rotatable bonds is 1. The summed E-state index contributed by atoms with van der Waals surface area (Å²) in [7, 11) is 0. The van der Waals surface area contributed by atoms with Crippen LogP contribution in [0.1, 0.15) is 46.0 Å². The molecule has 2 aromatic rings. The van der Waals surface area contributed by atoms with E-state index in [1.165, 1.54) is 16.9 Å². The first kappa shape index (κ1) is 12.8. The SMILES string of the molecule is C[C@@H]1CCc2c(sc3c2C(=O)N[C@H](c2ccccn2)N3)C1. The number of pyridine rings is 1. The summed E-state index contributed by atoms with van der Waals surface area (Å²) in [6, 6.07) is 5.75. The Hall–Kier alpha value is -1.88. The third kappa shape index (κ3) is 2.12. The number of nitrogens with zero attached hydrogens (tertiary/aromatic N) is 1. The molecule has 2 atom stereocenters. The first-order valence-electron chi connectivity index (χ1n) is 7.35. The number of carbonyl (C=O) groups is 1. The second-order valence-corrected chi connectivity index (χ2v) is 6.97. The van der Waals surface area contributed by atoms with E-state index in [1.807, 2.05) is 18.2 Å². The average molecular weight is 299 g/mol. The van der Waals surface area contributed by atoms with Gasteiger partial charge in [0.05, 0.1) is 11.3 Å². The van der Waals surface area contributed by atoms with Gasteiger partial charge < -0.3 is 10.6 Å². The van der Waals surface area contributed by atoms with Crippen LogP contribution in [0.2, 0.25) is 0 Å². The number of thiophene rings is 1. The molecule has 3 heterocycles. The number of anilines is 1. The normalized spacial score (nSPS) is 23.8. The van der Waals surface area contributed by atoms with Crippen molar-refractivity contribution in [3.8, 4) is 0 Å². The summed E-state index contributed by atoms with van der Waals surface area (Å²) in [4.78, 5) is 18.2. The van der Waals surface area contributed by atoms with Gasteiger partial charge in [-0.25, -0.2) is 0 Å². The summed E-state index contributed by atoms with van der Waals surface area (Å²) in [6.07, 6.45) is 4.80. The maximum Gasteiger partial charge on any atom is 0.256 e. The monoisotopic (exact) mass is 299 g/mol. The first-order chi connectivity index (χ1) is 10.2. The van der Waals surface area contributed by atoms with E-state index in [9.17, 15) is 4.79 Å². The van der Waals surface area contributed by atoms with E-state index in [1.54, 1.807) is 17.5 Å². The maximum absolute atomic E-state index is 12.5. The van der Waals surface area contributed by atoms with Crippen LogP contribution in [0.15, 0.2) is 24.4 Å². The van der Waals surface area contributed by atoms with Crippen LogP contribution in [0.4, 0.5) is 5.00 Å². The van der Waals surface area contributed by atoms with Gasteiger partial charge in [0.15, 0.2) is 0 Å². The molecule has 0 fully saturated rings. The lowest BCUT2D eigenvalue weighted by molar-refractivity contribution is 0.0934. The Morgan fingerprint density at radius 2 is 2.24 bits per heavy atom. The molecule has 0 bridgehead atoms. The Morgan fingerprint density at radius 3 is 3.05 bits per heavy atom. The van der Waals surface area contributed by atoms with E-state index in [0.717, 1.165) is 29.1 Å². The van der Waals surface area contributed by atoms with Crippen molar-refractivity contribution in [1.29, 1.82) is 0 Å². The summed E-state index contributed by atoms with van der Waals surface area (Å²) in [5.74, 6) is 0.749. The molecule has 108 valence electrons. The molecule has 0 radical (unpaired) electrons. The highest BCUT2D eigenvalue weighted by Gasteiger charge is 2.33. The summed E-state index contributed by atoms with van der Waals surface area (Å²) >= 11 is 1.74. The molecule has 0 unspecified atom stereocenters. The standard InChI is InChI=1S/C16H17N3OS/c1-9-5-6-10-12(8-9)21-16-13(10)15(20)18-14(19-16)11-4-2-3-7-17-11/h2-4,7,9,14,19H,5-6,8H2,1H3,(H,18,20)/t9-,14+/m1/s1. The molecule has 0 aromatic carbocycles. The second-order valence-electron chi connectivity index (χ2n) is 5.86. The lowest BCUT2D eigenvalue weighted by Crippen LogP contribution is -2.38. The molecule has 21 heavy (non-hydrogen) atoms. The van der Waals surface area contributed by atoms with Crippen LogP contribution in [-0.4, -0.2) is 10.9 Å². The number of hydrogen-bond donors (Lipinski definition) is 2. The fourth-order valence-electron chi connectivity index (χ4n) is 3.16. The van der Waals surface area contributed by atoms with Crippen LogP contribution >= 0.6 is 11.3 Å². The summed E-state index contributed by atoms with van der Waals surface area (Å²) in [6.45, 7) is 2.28. The molecule has 4 rings (SSSR count). The van der Waals surface area contributed by atoms with Crippen LogP contribution in [0.3, 0.4) is 0 Å². The number of aromatic nitrogens is 1. The van der Waals surface area contributed by atoms with Crippen LogP contribution in [0.5, 0.6) is 0 Å². The molecule has 1 amide bonds. The van der Waals surface area contributed by atoms with Gasteiger partial charge >= 0.3 is 0 Å². The maximum atomic E-state index is 12.5. The van der Waals surface area contributed by atoms with E-state index in [0.29, 0.717) is 5.92 Å². The minimum absolute atomic E-state index is 0.0338. The number of hydrogen-bond acceptors (Lipinski definition) is 4. The minimum atomic E-state index is -0.233. The van der Waals surface area contributed by atoms with Crippen molar-refractivity contribution in [2.75, 3.05) is 5.32 Å². The molecule has 2 N–H and O–H groups in total. The number of nitrogens with one attached hydrogen (secondary N) is 2. The smallest absolute Gasteiger partial charge is 0.256 e. The summed E-state index contributed by atoms with van der Waals surface area (Å²) in [5, 5.41) is 7.48. The highest BCUT2D eigenvalue weighted by atomic mass is 32.1. The molecule has 5 heteroatoms. The highest BCUT2D eigenvalue weighted by Crippen LogP contribution is 2.42. The van der Waals surface area contributed by atoms with Crippen molar-refractivity contribution in [3.05, 3.63) is 46.1 Å². The molecule has 4 nitrogen and oxygen atoms in total. The molecule has 0 spiro atoms. The Balaban J connectivity index is 1.71. The Bertz CT molecular complexity index is 695. The third-order valence-electron chi connectivity index (χ3n) is 4.27. The predicted octanol–water partition coefficient (Wildman–Crippen LogP) is 3.12. The van der Waals surface area contributed by atoms with Gasteiger partial charge in [0.2, 0.25) is 0 Å².